The molecule has 1 amide bonds. The average Bonchev–Trinajstić information content (AvgIpc) is 2.96. The van der Waals surface area contributed by atoms with Crippen LogP contribution in [0.3, 0.4) is 0 Å². The molecule has 0 aliphatic rings. The molecule has 0 fully saturated rings. The fraction of sp³-hybridized carbons (Fsp3) is 0.167. The summed E-state index contributed by atoms with van der Waals surface area (Å²) in [4.78, 5) is 17.2. The van der Waals surface area contributed by atoms with Gasteiger partial charge in [-0.25, -0.2) is 4.98 Å². The fourth-order valence-corrected chi connectivity index (χ4v) is 3.53. The van der Waals surface area contributed by atoms with Crippen molar-refractivity contribution in [3.05, 3.63) is 94.8 Å². The van der Waals surface area contributed by atoms with Gasteiger partial charge in [0.2, 0.25) is 0 Å². The molecule has 0 radical (unpaired) electrons. The molecule has 0 unspecified atom stereocenters. The molecule has 1 N–H and O–H groups in total. The SMILES string of the molecule is Cc1ccc(Cn2c(C)c(C)c3ccnc(NC(=O)c4ccccc4)c32)cc1. The molecule has 0 spiro atoms. The number of nitrogens with zero attached hydrogens (tertiary/aromatic N) is 2. The number of amides is 1. The van der Waals surface area contributed by atoms with E-state index in [1.54, 1.807) is 18.3 Å². The number of carbonyl (C=O) groups is 1. The minimum absolute atomic E-state index is 0.154. The maximum absolute atomic E-state index is 12.7. The average molecular weight is 369 g/mol. The van der Waals surface area contributed by atoms with Gasteiger partial charge in [0.05, 0.1) is 5.52 Å². The molecule has 0 saturated heterocycles. The molecule has 28 heavy (non-hydrogen) atoms. The quantitative estimate of drug-likeness (QED) is 0.533. The van der Waals surface area contributed by atoms with Gasteiger partial charge in [-0.3, -0.25) is 4.79 Å². The van der Waals surface area contributed by atoms with E-state index in [0.717, 1.165) is 17.4 Å². The number of rotatable bonds is 4. The van der Waals surface area contributed by atoms with Crippen LogP contribution in [0.2, 0.25) is 0 Å². The molecule has 4 heteroatoms. The van der Waals surface area contributed by atoms with E-state index >= 15 is 0 Å². The monoisotopic (exact) mass is 369 g/mol. The normalized spacial score (nSPS) is 11.0. The van der Waals surface area contributed by atoms with Gasteiger partial charge in [-0.05, 0) is 50.1 Å². The number of nitrogens with one attached hydrogen (secondary N) is 1. The summed E-state index contributed by atoms with van der Waals surface area (Å²) in [5.74, 6) is 0.439. The molecule has 0 aliphatic carbocycles. The summed E-state index contributed by atoms with van der Waals surface area (Å²) < 4.78 is 2.24. The van der Waals surface area contributed by atoms with Gasteiger partial charge in [0, 0.05) is 29.4 Å². The van der Waals surface area contributed by atoms with Crippen LogP contribution in [0.1, 0.15) is 32.7 Å². The number of hydrogen-bond donors (Lipinski definition) is 1. The van der Waals surface area contributed by atoms with Gasteiger partial charge in [0.15, 0.2) is 5.82 Å². The van der Waals surface area contributed by atoms with Crippen molar-refractivity contribution in [2.75, 3.05) is 5.32 Å². The number of pyridine rings is 1. The predicted octanol–water partition coefficient (Wildman–Crippen LogP) is 5.26. The van der Waals surface area contributed by atoms with Gasteiger partial charge in [0.25, 0.3) is 5.91 Å². The van der Waals surface area contributed by atoms with E-state index in [1.807, 2.05) is 24.3 Å². The zero-order valence-corrected chi connectivity index (χ0v) is 16.4. The second-order valence-corrected chi connectivity index (χ2v) is 7.16. The number of anilines is 1. The minimum atomic E-state index is -0.154. The molecule has 2 aromatic heterocycles. The van der Waals surface area contributed by atoms with E-state index in [4.69, 9.17) is 0 Å². The third-order valence-corrected chi connectivity index (χ3v) is 5.27. The molecular weight excluding hydrogens is 346 g/mol. The standard InChI is InChI=1S/C24H23N3O/c1-16-9-11-19(12-10-16)15-27-18(3)17(2)21-13-14-25-23(22(21)27)26-24(28)20-7-5-4-6-8-20/h4-14H,15H2,1-3H3,(H,25,26,28). The van der Waals surface area contributed by atoms with Gasteiger partial charge in [0.1, 0.15) is 0 Å². The molecule has 2 heterocycles. The number of aromatic nitrogens is 2. The van der Waals surface area contributed by atoms with Gasteiger partial charge >= 0.3 is 0 Å². The van der Waals surface area contributed by atoms with Crippen molar-refractivity contribution in [1.82, 2.24) is 9.55 Å². The van der Waals surface area contributed by atoms with E-state index in [0.29, 0.717) is 11.4 Å². The molecule has 0 bridgehead atoms. The van der Waals surface area contributed by atoms with E-state index in [9.17, 15) is 4.79 Å². The Bertz CT molecular complexity index is 1140. The summed E-state index contributed by atoms with van der Waals surface area (Å²) >= 11 is 0. The molecule has 0 aliphatic heterocycles. The van der Waals surface area contributed by atoms with Crippen LogP contribution in [0.4, 0.5) is 5.82 Å². The van der Waals surface area contributed by atoms with Crippen LogP contribution >= 0.6 is 0 Å². The predicted molar refractivity (Wildman–Crippen MR) is 114 cm³/mol. The third kappa shape index (κ3) is 3.29. The molecule has 0 atom stereocenters. The van der Waals surface area contributed by atoms with Crippen molar-refractivity contribution in [2.24, 2.45) is 0 Å². The highest BCUT2D eigenvalue weighted by Gasteiger charge is 2.17. The molecule has 140 valence electrons. The Morgan fingerprint density at radius 3 is 2.39 bits per heavy atom. The van der Waals surface area contributed by atoms with Crippen LogP contribution in [0.5, 0.6) is 0 Å². The summed E-state index contributed by atoms with van der Waals surface area (Å²) in [7, 11) is 0. The first-order valence-electron chi connectivity index (χ1n) is 9.41. The van der Waals surface area contributed by atoms with Crippen LogP contribution < -0.4 is 5.32 Å². The Hall–Kier alpha value is -3.40. The smallest absolute Gasteiger partial charge is 0.256 e. The highest BCUT2D eigenvalue weighted by Crippen LogP contribution is 2.30. The Balaban J connectivity index is 1.78. The first-order valence-corrected chi connectivity index (χ1v) is 9.41. The van der Waals surface area contributed by atoms with Crippen LogP contribution in [-0.2, 0) is 6.54 Å². The lowest BCUT2D eigenvalue weighted by Crippen LogP contribution is -2.14. The summed E-state index contributed by atoms with van der Waals surface area (Å²) in [5.41, 5.74) is 6.42. The van der Waals surface area contributed by atoms with Crippen LogP contribution in [0.15, 0.2) is 66.9 Å². The molecular formula is C24H23N3O. The lowest BCUT2D eigenvalue weighted by molar-refractivity contribution is 0.102. The largest absolute Gasteiger partial charge is 0.337 e. The summed E-state index contributed by atoms with van der Waals surface area (Å²) in [6.45, 7) is 7.06. The van der Waals surface area contributed by atoms with Crippen molar-refractivity contribution in [1.29, 1.82) is 0 Å². The van der Waals surface area contributed by atoms with Crippen molar-refractivity contribution >= 4 is 22.6 Å². The lowest BCUT2D eigenvalue weighted by Gasteiger charge is -2.12. The molecule has 0 saturated carbocycles. The number of benzene rings is 2. The lowest BCUT2D eigenvalue weighted by atomic mass is 10.1. The minimum Gasteiger partial charge on any atom is -0.337 e. The highest BCUT2D eigenvalue weighted by atomic mass is 16.1. The second kappa shape index (κ2) is 7.31. The van der Waals surface area contributed by atoms with Gasteiger partial charge in [-0.15, -0.1) is 0 Å². The van der Waals surface area contributed by atoms with E-state index in [-0.39, 0.29) is 5.91 Å². The van der Waals surface area contributed by atoms with Crippen LogP contribution in [0, 0.1) is 20.8 Å². The Morgan fingerprint density at radius 1 is 0.964 bits per heavy atom. The van der Waals surface area contributed by atoms with E-state index < -0.39 is 0 Å². The maximum atomic E-state index is 12.7. The number of fused-ring (bicyclic) bond motifs is 1. The van der Waals surface area contributed by atoms with Crippen molar-refractivity contribution in [3.8, 4) is 0 Å². The third-order valence-electron chi connectivity index (χ3n) is 5.27. The summed E-state index contributed by atoms with van der Waals surface area (Å²) in [6, 6.07) is 19.8. The topological polar surface area (TPSA) is 46.9 Å². The first-order chi connectivity index (χ1) is 13.5. The number of hydrogen-bond acceptors (Lipinski definition) is 2. The Labute approximate surface area is 164 Å². The fourth-order valence-electron chi connectivity index (χ4n) is 3.53. The second-order valence-electron chi connectivity index (χ2n) is 7.16. The Morgan fingerprint density at radius 2 is 1.68 bits per heavy atom. The van der Waals surface area contributed by atoms with Gasteiger partial charge in [-0.2, -0.15) is 0 Å². The van der Waals surface area contributed by atoms with E-state index in [1.165, 1.54) is 22.4 Å². The van der Waals surface area contributed by atoms with Crippen molar-refractivity contribution in [3.63, 3.8) is 0 Å². The highest BCUT2D eigenvalue weighted by molar-refractivity contribution is 6.08. The zero-order valence-electron chi connectivity index (χ0n) is 16.4. The molecule has 2 aromatic carbocycles. The van der Waals surface area contributed by atoms with Gasteiger partial charge < -0.3 is 9.88 Å². The Kier molecular flexibility index (Phi) is 4.70. The summed E-state index contributed by atoms with van der Waals surface area (Å²) in [5, 5.41) is 4.12. The zero-order chi connectivity index (χ0) is 19.7. The van der Waals surface area contributed by atoms with Gasteiger partial charge in [-0.1, -0.05) is 48.0 Å². The van der Waals surface area contributed by atoms with Crippen LogP contribution in [0.25, 0.3) is 10.9 Å². The van der Waals surface area contributed by atoms with Crippen molar-refractivity contribution in [2.45, 2.75) is 27.3 Å². The van der Waals surface area contributed by atoms with E-state index in [2.05, 4.69) is 59.9 Å². The van der Waals surface area contributed by atoms with Crippen LogP contribution in [-0.4, -0.2) is 15.5 Å². The summed E-state index contributed by atoms with van der Waals surface area (Å²) in [6.07, 6.45) is 1.76. The first kappa shape index (κ1) is 18.0. The molecule has 4 aromatic rings. The maximum Gasteiger partial charge on any atom is 0.256 e. The molecule has 4 rings (SSSR count). The van der Waals surface area contributed by atoms with Crippen molar-refractivity contribution < 1.29 is 4.79 Å². The number of aryl methyl sites for hydroxylation is 2. The molecule has 4 nitrogen and oxygen atoms in total. The number of carbonyl (C=O) groups excluding carboxylic acids is 1.